The average Bonchev–Trinajstić information content (AvgIpc) is 3.01. The topological polar surface area (TPSA) is 111 Å². The molecule has 0 atom stereocenters. The van der Waals surface area contributed by atoms with Crippen LogP contribution in [0.4, 0.5) is 5.69 Å². The van der Waals surface area contributed by atoms with Crippen LogP contribution < -0.4 is 14.9 Å². The van der Waals surface area contributed by atoms with Crippen molar-refractivity contribution in [1.82, 2.24) is 10.4 Å². The summed E-state index contributed by atoms with van der Waals surface area (Å²) in [7, 11) is 3.03. The largest absolute Gasteiger partial charge is 0.497 e. The Morgan fingerprint density at radius 3 is 2.67 bits per heavy atom. The van der Waals surface area contributed by atoms with Crippen molar-refractivity contribution >= 4 is 51.9 Å². The van der Waals surface area contributed by atoms with Crippen LogP contribution in [0.1, 0.15) is 15.9 Å². The number of thiocarbonyl (C=S) groups is 1. The fourth-order valence-corrected chi connectivity index (χ4v) is 3.75. The summed E-state index contributed by atoms with van der Waals surface area (Å²) in [5.41, 5.74) is 2.78. The average molecular weight is 445 g/mol. The number of nitro groups is 1. The zero-order chi connectivity index (χ0) is 21.8. The molecule has 11 heteroatoms. The minimum Gasteiger partial charge on any atom is -0.497 e. The highest BCUT2D eigenvalue weighted by atomic mass is 32.2. The summed E-state index contributed by atoms with van der Waals surface area (Å²) in [4.78, 5) is 35.8. The summed E-state index contributed by atoms with van der Waals surface area (Å²) in [6.45, 7) is 0. The Hall–Kier alpha value is -3.44. The number of rotatable bonds is 6. The molecule has 0 spiro atoms. The van der Waals surface area contributed by atoms with E-state index in [0.29, 0.717) is 17.1 Å². The number of carbonyl (C=O) groups excluding carboxylic acids is 2. The maximum Gasteiger partial charge on any atom is 0.285 e. The van der Waals surface area contributed by atoms with Crippen LogP contribution in [-0.4, -0.2) is 40.3 Å². The predicted octanol–water partition coefficient (Wildman–Crippen LogP) is 3.16. The number of hydrogen-bond acceptors (Lipinski definition) is 8. The van der Waals surface area contributed by atoms with E-state index in [2.05, 4.69) is 5.43 Å². The number of amides is 2. The van der Waals surface area contributed by atoms with E-state index < -0.39 is 16.7 Å². The van der Waals surface area contributed by atoms with Gasteiger partial charge in [0.15, 0.2) is 4.32 Å². The molecule has 2 aromatic rings. The lowest BCUT2D eigenvalue weighted by atomic mass is 10.1. The van der Waals surface area contributed by atoms with Crippen molar-refractivity contribution in [3.63, 3.8) is 0 Å². The molecule has 0 bridgehead atoms. The van der Waals surface area contributed by atoms with Crippen LogP contribution in [0.3, 0.4) is 0 Å². The molecule has 1 fully saturated rings. The fourth-order valence-electron chi connectivity index (χ4n) is 2.58. The van der Waals surface area contributed by atoms with Crippen LogP contribution in [0.2, 0.25) is 0 Å². The monoisotopic (exact) mass is 445 g/mol. The van der Waals surface area contributed by atoms with Gasteiger partial charge in [0.25, 0.3) is 17.5 Å². The molecule has 1 heterocycles. The fraction of sp³-hybridized carbons (Fsp3) is 0.105. The lowest BCUT2D eigenvalue weighted by Gasteiger charge is -2.15. The predicted molar refractivity (Wildman–Crippen MR) is 115 cm³/mol. The number of hydrogen-bond donors (Lipinski definition) is 1. The number of nitro benzene ring substituents is 1. The lowest BCUT2D eigenvalue weighted by Crippen LogP contribution is -2.44. The van der Waals surface area contributed by atoms with Crippen molar-refractivity contribution in [2.24, 2.45) is 0 Å². The first kappa shape index (κ1) is 21.3. The van der Waals surface area contributed by atoms with Crippen molar-refractivity contribution in [3.8, 4) is 11.5 Å². The molecule has 0 aliphatic carbocycles. The Labute approximate surface area is 180 Å². The van der Waals surface area contributed by atoms with E-state index in [-0.39, 0.29) is 20.5 Å². The number of benzene rings is 2. The van der Waals surface area contributed by atoms with Crippen molar-refractivity contribution in [3.05, 3.63) is 68.6 Å². The molecule has 9 nitrogen and oxygen atoms in total. The molecule has 1 N–H and O–H groups in total. The second-order valence-corrected chi connectivity index (χ2v) is 7.55. The summed E-state index contributed by atoms with van der Waals surface area (Å²) in [6.07, 6.45) is 1.58. The van der Waals surface area contributed by atoms with E-state index in [4.69, 9.17) is 21.7 Å². The summed E-state index contributed by atoms with van der Waals surface area (Å²) in [6, 6.07) is 10.3. The van der Waals surface area contributed by atoms with Crippen LogP contribution in [-0.2, 0) is 4.79 Å². The number of hydrazine groups is 1. The maximum absolute atomic E-state index is 12.8. The van der Waals surface area contributed by atoms with E-state index in [1.54, 1.807) is 24.3 Å². The summed E-state index contributed by atoms with van der Waals surface area (Å²) in [5.74, 6) is -0.123. The molecule has 1 saturated heterocycles. The van der Waals surface area contributed by atoms with Gasteiger partial charge in [0, 0.05) is 23.3 Å². The number of thioether (sulfide) groups is 1. The van der Waals surface area contributed by atoms with E-state index in [9.17, 15) is 19.7 Å². The van der Waals surface area contributed by atoms with Crippen molar-refractivity contribution in [2.75, 3.05) is 14.2 Å². The van der Waals surface area contributed by atoms with Gasteiger partial charge in [0.05, 0.1) is 24.0 Å². The van der Waals surface area contributed by atoms with Crippen molar-refractivity contribution in [1.29, 1.82) is 0 Å². The molecule has 0 saturated carbocycles. The molecule has 2 amide bonds. The molecule has 0 unspecified atom stereocenters. The Kier molecular flexibility index (Phi) is 6.33. The first-order chi connectivity index (χ1) is 14.3. The Balaban J connectivity index is 1.83. The van der Waals surface area contributed by atoms with Gasteiger partial charge in [0.2, 0.25) is 0 Å². The number of methoxy groups -OCH3 is 2. The van der Waals surface area contributed by atoms with Gasteiger partial charge in [-0.15, -0.1) is 0 Å². The smallest absolute Gasteiger partial charge is 0.285 e. The highest BCUT2D eigenvalue weighted by Crippen LogP contribution is 2.34. The van der Waals surface area contributed by atoms with E-state index in [1.165, 1.54) is 32.4 Å². The van der Waals surface area contributed by atoms with Gasteiger partial charge in [0.1, 0.15) is 11.5 Å². The number of non-ortho nitro benzene ring substituents is 1. The van der Waals surface area contributed by atoms with Gasteiger partial charge in [-0.1, -0.05) is 17.8 Å². The number of ether oxygens (including phenoxy) is 2. The third kappa shape index (κ3) is 4.42. The van der Waals surface area contributed by atoms with Gasteiger partial charge in [-0.2, -0.15) is 5.01 Å². The number of carbonyl (C=O) groups is 2. The van der Waals surface area contributed by atoms with Crippen LogP contribution in [0.15, 0.2) is 47.4 Å². The molecule has 0 aromatic heterocycles. The molecule has 0 radical (unpaired) electrons. The third-order valence-electron chi connectivity index (χ3n) is 4.05. The molecular weight excluding hydrogens is 430 g/mol. The minimum absolute atomic E-state index is 0.0247. The minimum atomic E-state index is -0.699. The molecule has 30 heavy (non-hydrogen) atoms. The zero-order valence-electron chi connectivity index (χ0n) is 15.8. The Morgan fingerprint density at radius 1 is 1.23 bits per heavy atom. The summed E-state index contributed by atoms with van der Waals surface area (Å²) in [5, 5.41) is 11.8. The molecule has 3 rings (SSSR count). The third-order valence-corrected chi connectivity index (χ3v) is 5.35. The quantitative estimate of drug-likeness (QED) is 0.312. The van der Waals surface area contributed by atoms with Crippen LogP contribution in [0.25, 0.3) is 6.08 Å². The molecule has 2 aromatic carbocycles. The Bertz CT molecular complexity index is 1090. The molecule has 1 aliphatic rings. The highest BCUT2D eigenvalue weighted by molar-refractivity contribution is 8.26. The Morgan fingerprint density at radius 2 is 2.00 bits per heavy atom. The second-order valence-electron chi connectivity index (χ2n) is 5.87. The standard InChI is InChI=1S/C19H15N3O6S2/c1-27-14-6-7-15(28-2)12(9-14)10-16-18(24)21(19(29)30-16)20-17(23)11-4-3-5-13(8-11)22(25)26/h3-10H,1-2H3,(H,20,23)/b16-10+. The van der Waals surface area contributed by atoms with E-state index in [1.807, 2.05) is 0 Å². The number of nitrogens with zero attached hydrogens (tertiary/aromatic N) is 2. The van der Waals surface area contributed by atoms with Crippen LogP contribution in [0.5, 0.6) is 11.5 Å². The molecular formula is C19H15N3O6S2. The summed E-state index contributed by atoms with van der Waals surface area (Å²) >= 11 is 6.21. The summed E-state index contributed by atoms with van der Waals surface area (Å²) < 4.78 is 10.6. The maximum atomic E-state index is 12.8. The van der Waals surface area contributed by atoms with Gasteiger partial charge < -0.3 is 9.47 Å². The normalized spacial score (nSPS) is 14.7. The number of nitrogens with one attached hydrogen (secondary N) is 1. The molecule has 1 aliphatic heterocycles. The van der Waals surface area contributed by atoms with Crippen LogP contribution in [0, 0.1) is 10.1 Å². The van der Waals surface area contributed by atoms with E-state index in [0.717, 1.165) is 22.8 Å². The van der Waals surface area contributed by atoms with Crippen molar-refractivity contribution < 1.29 is 24.0 Å². The highest BCUT2D eigenvalue weighted by Gasteiger charge is 2.34. The van der Waals surface area contributed by atoms with E-state index >= 15 is 0 Å². The first-order valence-electron chi connectivity index (χ1n) is 8.39. The van der Waals surface area contributed by atoms with Crippen LogP contribution >= 0.6 is 24.0 Å². The molecule has 154 valence electrons. The second kappa shape index (κ2) is 8.93. The van der Waals surface area contributed by atoms with Gasteiger partial charge >= 0.3 is 0 Å². The first-order valence-corrected chi connectivity index (χ1v) is 9.62. The van der Waals surface area contributed by atoms with Crippen molar-refractivity contribution in [2.45, 2.75) is 0 Å². The van der Waals surface area contributed by atoms with Gasteiger partial charge in [-0.05, 0) is 42.6 Å². The SMILES string of the molecule is COc1ccc(OC)c(/C=C2/SC(=S)N(NC(=O)c3cccc([N+](=O)[O-])c3)C2=O)c1. The zero-order valence-corrected chi connectivity index (χ0v) is 17.4. The van der Waals surface area contributed by atoms with Gasteiger partial charge in [-0.3, -0.25) is 25.1 Å². The lowest BCUT2D eigenvalue weighted by molar-refractivity contribution is -0.384. The van der Waals surface area contributed by atoms with Gasteiger partial charge in [-0.25, -0.2) is 0 Å².